The first kappa shape index (κ1) is 20.1. The number of aryl methyl sites for hydroxylation is 1. The molecule has 0 N–H and O–H groups in total. The lowest BCUT2D eigenvalue weighted by atomic mass is 9.87. The van der Waals surface area contributed by atoms with Gasteiger partial charge in [0.15, 0.2) is 5.75 Å². The third kappa shape index (κ3) is 3.93. The molecule has 2 fully saturated rings. The van der Waals surface area contributed by atoms with Gasteiger partial charge in [-0.05, 0) is 56.5 Å². The minimum atomic E-state index is 0.166. The van der Waals surface area contributed by atoms with Gasteiger partial charge in [-0.1, -0.05) is 37.5 Å². The van der Waals surface area contributed by atoms with Gasteiger partial charge in [-0.2, -0.15) is 0 Å². The molecule has 1 aliphatic carbocycles. The average molecular weight is 418 g/mol. The summed E-state index contributed by atoms with van der Waals surface area (Å²) in [5, 5.41) is 0. The Morgan fingerprint density at radius 2 is 1.84 bits per heavy atom. The van der Waals surface area contributed by atoms with Crippen LogP contribution in [0.4, 0.5) is 5.69 Å². The Morgan fingerprint density at radius 3 is 2.65 bits per heavy atom. The average Bonchev–Trinajstić information content (AvgIpc) is 2.95. The summed E-state index contributed by atoms with van der Waals surface area (Å²) in [5.41, 5.74) is 3.01. The lowest BCUT2D eigenvalue weighted by Gasteiger charge is -2.43. The number of rotatable bonds is 1. The van der Waals surface area contributed by atoms with Gasteiger partial charge in [-0.15, -0.1) is 0 Å². The van der Waals surface area contributed by atoms with E-state index in [2.05, 4.69) is 35.8 Å². The Balaban J connectivity index is 1.42. The number of fused-ring (bicyclic) bond motifs is 2. The molecule has 3 aliphatic rings. The lowest BCUT2D eigenvalue weighted by Crippen LogP contribution is -2.56. The number of piperazine rings is 1. The number of carbonyl (C=O) groups is 1. The van der Waals surface area contributed by atoms with Gasteiger partial charge >= 0.3 is 0 Å². The molecule has 162 valence electrons. The molecule has 0 unspecified atom stereocenters. The second-order valence-electron chi connectivity index (χ2n) is 9.17. The molecular weight excluding hydrogens is 386 g/mol. The summed E-state index contributed by atoms with van der Waals surface area (Å²) in [6, 6.07) is 14.4. The lowest BCUT2D eigenvalue weighted by molar-refractivity contribution is -0.140. The van der Waals surface area contributed by atoms with Crippen molar-refractivity contribution >= 4 is 17.4 Å². The highest BCUT2D eigenvalue weighted by Crippen LogP contribution is 2.39. The number of para-hydroxylation sites is 1. The smallest absolute Gasteiger partial charge is 0.226 e. The van der Waals surface area contributed by atoms with Gasteiger partial charge in [-0.3, -0.25) is 4.79 Å². The molecule has 2 aromatic rings. The number of carbonyl (C=O) groups excluding carboxylic acids is 1. The van der Waals surface area contributed by atoms with Crippen molar-refractivity contribution in [3.8, 4) is 11.5 Å². The molecule has 5 heteroatoms. The summed E-state index contributed by atoms with van der Waals surface area (Å²) < 4.78 is 6.26. The van der Waals surface area contributed by atoms with Gasteiger partial charge in [0.1, 0.15) is 17.3 Å². The second kappa shape index (κ2) is 8.37. The van der Waals surface area contributed by atoms with Gasteiger partial charge < -0.3 is 14.5 Å². The zero-order valence-electron chi connectivity index (χ0n) is 18.5. The molecule has 0 radical (unpaired) electrons. The van der Waals surface area contributed by atoms with Crippen LogP contribution in [-0.2, 0) is 4.79 Å². The predicted molar refractivity (Wildman–Crippen MR) is 123 cm³/mol. The highest BCUT2D eigenvalue weighted by Gasteiger charge is 2.34. The van der Waals surface area contributed by atoms with E-state index in [1.54, 1.807) is 0 Å². The van der Waals surface area contributed by atoms with Gasteiger partial charge in [0.25, 0.3) is 0 Å². The van der Waals surface area contributed by atoms with Crippen molar-refractivity contribution < 1.29 is 9.53 Å². The summed E-state index contributed by atoms with van der Waals surface area (Å²) in [6.07, 6.45) is 5.77. The summed E-state index contributed by atoms with van der Waals surface area (Å²) in [4.78, 5) is 22.6. The zero-order chi connectivity index (χ0) is 21.4. The van der Waals surface area contributed by atoms with Crippen molar-refractivity contribution in [3.63, 3.8) is 0 Å². The molecule has 1 amide bonds. The van der Waals surface area contributed by atoms with Crippen molar-refractivity contribution in [2.75, 3.05) is 19.6 Å². The van der Waals surface area contributed by atoms with E-state index in [1.807, 2.05) is 30.3 Å². The van der Waals surface area contributed by atoms with Crippen molar-refractivity contribution in [3.05, 3.63) is 53.6 Å². The van der Waals surface area contributed by atoms with Crippen molar-refractivity contribution in [2.45, 2.75) is 52.0 Å². The number of amides is 1. The molecule has 0 aromatic heterocycles. The van der Waals surface area contributed by atoms with Crippen LogP contribution in [0.2, 0.25) is 0 Å². The fraction of sp³-hybridized carbons (Fsp3) is 0.462. The van der Waals surface area contributed by atoms with Crippen molar-refractivity contribution in [2.24, 2.45) is 10.9 Å². The topological polar surface area (TPSA) is 45.1 Å². The van der Waals surface area contributed by atoms with E-state index < -0.39 is 0 Å². The van der Waals surface area contributed by atoms with Crippen molar-refractivity contribution in [1.29, 1.82) is 0 Å². The molecule has 2 aliphatic heterocycles. The fourth-order valence-corrected chi connectivity index (χ4v) is 5.13. The highest BCUT2D eigenvalue weighted by molar-refractivity contribution is 6.04. The molecule has 5 rings (SSSR count). The Bertz CT molecular complexity index is 1010. The maximum absolute atomic E-state index is 13.2. The summed E-state index contributed by atoms with van der Waals surface area (Å²) in [7, 11) is 0. The first-order valence-corrected chi connectivity index (χ1v) is 11.6. The first-order valence-electron chi connectivity index (χ1n) is 11.6. The van der Waals surface area contributed by atoms with E-state index >= 15 is 0 Å². The molecular formula is C26H31N3O2. The molecule has 0 bridgehead atoms. The highest BCUT2D eigenvalue weighted by atomic mass is 16.5. The summed E-state index contributed by atoms with van der Waals surface area (Å²) in [5.74, 6) is 3.15. The van der Waals surface area contributed by atoms with Crippen LogP contribution >= 0.6 is 0 Å². The Hall–Kier alpha value is -2.82. The molecule has 1 saturated carbocycles. The largest absolute Gasteiger partial charge is 0.454 e. The number of ether oxygens (including phenoxy) is 1. The van der Waals surface area contributed by atoms with Crippen LogP contribution in [0.25, 0.3) is 0 Å². The van der Waals surface area contributed by atoms with Gasteiger partial charge in [0.05, 0.1) is 5.56 Å². The van der Waals surface area contributed by atoms with Crippen molar-refractivity contribution in [1.82, 2.24) is 9.80 Å². The molecule has 31 heavy (non-hydrogen) atoms. The van der Waals surface area contributed by atoms with Crippen LogP contribution in [0.1, 0.15) is 50.2 Å². The standard InChI is InChI=1S/C26H31N3O2/c1-18-12-13-22-24(16-18)31-23-11-7-6-10-21(23)25(27-22)28-14-15-29(19(2)17-28)26(30)20-8-4-3-5-9-20/h6-7,10-13,16,19-20H,3-5,8-9,14-15,17H2,1-2H3/t19-/m1/s1. The molecule has 2 aromatic carbocycles. The van der Waals surface area contributed by atoms with Crippen LogP contribution in [0, 0.1) is 12.8 Å². The monoisotopic (exact) mass is 417 g/mol. The van der Waals surface area contributed by atoms with Crippen LogP contribution in [0.5, 0.6) is 11.5 Å². The quantitative estimate of drug-likeness (QED) is 0.633. The zero-order valence-corrected chi connectivity index (χ0v) is 18.5. The van der Waals surface area contributed by atoms with Crippen LogP contribution in [0.3, 0.4) is 0 Å². The molecule has 1 atom stereocenters. The number of amidine groups is 1. The summed E-state index contributed by atoms with van der Waals surface area (Å²) in [6.45, 7) is 6.56. The predicted octanol–water partition coefficient (Wildman–Crippen LogP) is 5.29. The van der Waals surface area contributed by atoms with Gasteiger partial charge in [-0.25, -0.2) is 4.99 Å². The third-order valence-electron chi connectivity index (χ3n) is 6.85. The molecule has 5 nitrogen and oxygen atoms in total. The van der Waals surface area contributed by atoms with E-state index in [0.29, 0.717) is 5.91 Å². The third-order valence-corrected chi connectivity index (χ3v) is 6.85. The van der Waals surface area contributed by atoms with Gasteiger partial charge in [0, 0.05) is 31.6 Å². The van der Waals surface area contributed by atoms with E-state index in [1.165, 1.54) is 19.3 Å². The fourth-order valence-electron chi connectivity index (χ4n) is 5.13. The number of benzene rings is 2. The van der Waals surface area contributed by atoms with Crippen LogP contribution in [-0.4, -0.2) is 47.2 Å². The summed E-state index contributed by atoms with van der Waals surface area (Å²) >= 11 is 0. The minimum Gasteiger partial charge on any atom is -0.454 e. The van der Waals surface area contributed by atoms with E-state index in [4.69, 9.17) is 9.73 Å². The number of nitrogens with zero attached hydrogens (tertiary/aromatic N) is 3. The molecule has 2 heterocycles. The van der Waals surface area contributed by atoms with E-state index in [0.717, 1.165) is 66.6 Å². The maximum atomic E-state index is 13.2. The Morgan fingerprint density at radius 1 is 1.03 bits per heavy atom. The Labute approximate surface area is 184 Å². The van der Waals surface area contributed by atoms with E-state index in [9.17, 15) is 4.79 Å². The molecule has 0 spiro atoms. The SMILES string of the molecule is Cc1ccc2c(c1)Oc1ccccc1C(N1CCN(C(=O)C3CCCCC3)[C@H](C)C1)=N2. The minimum absolute atomic E-state index is 0.166. The number of aliphatic imine (C=N–C) groups is 1. The molecule has 1 saturated heterocycles. The number of hydrogen-bond acceptors (Lipinski definition) is 4. The Kier molecular flexibility index (Phi) is 5.43. The normalized spacial score (nSPS) is 21.5. The van der Waals surface area contributed by atoms with Crippen LogP contribution in [0.15, 0.2) is 47.5 Å². The number of hydrogen-bond donors (Lipinski definition) is 0. The maximum Gasteiger partial charge on any atom is 0.226 e. The van der Waals surface area contributed by atoms with Crippen LogP contribution < -0.4 is 4.74 Å². The second-order valence-corrected chi connectivity index (χ2v) is 9.17. The van der Waals surface area contributed by atoms with Gasteiger partial charge in [0.2, 0.25) is 5.91 Å². The first-order chi connectivity index (χ1) is 15.1. The van der Waals surface area contributed by atoms with E-state index in [-0.39, 0.29) is 12.0 Å².